The van der Waals surface area contributed by atoms with E-state index in [4.69, 9.17) is 15.2 Å². The molecule has 1 aromatic carbocycles. The van der Waals surface area contributed by atoms with Gasteiger partial charge in [0, 0.05) is 6.04 Å². The minimum Gasteiger partial charge on any atom is -0.493 e. The molecule has 0 radical (unpaired) electrons. The van der Waals surface area contributed by atoms with E-state index in [-0.39, 0.29) is 12.6 Å². The molecule has 0 saturated heterocycles. The largest absolute Gasteiger partial charge is 0.493 e. The summed E-state index contributed by atoms with van der Waals surface area (Å²) in [5, 5.41) is 0. The third-order valence-electron chi connectivity index (χ3n) is 2.29. The molecule has 0 aliphatic carbocycles. The Labute approximate surface area is 100 Å². The normalized spacial score (nSPS) is 11.8. The van der Waals surface area contributed by atoms with Crippen molar-refractivity contribution in [2.75, 3.05) is 20.8 Å². The lowest BCUT2D eigenvalue weighted by molar-refractivity contribution is -0.142. The minimum absolute atomic E-state index is 0.0847. The maximum atomic E-state index is 11.0. The van der Waals surface area contributed by atoms with Crippen LogP contribution in [0.3, 0.4) is 0 Å². The molecule has 0 unspecified atom stereocenters. The highest BCUT2D eigenvalue weighted by Gasteiger charge is 2.10. The number of rotatable bonds is 5. The summed E-state index contributed by atoms with van der Waals surface area (Å²) in [5.74, 6) is 0.592. The highest BCUT2D eigenvalue weighted by Crippen LogP contribution is 2.29. The molecule has 5 nitrogen and oxygen atoms in total. The van der Waals surface area contributed by atoms with Gasteiger partial charge in [-0.1, -0.05) is 6.07 Å². The Morgan fingerprint density at radius 2 is 2.06 bits per heavy atom. The van der Waals surface area contributed by atoms with Crippen molar-refractivity contribution in [1.29, 1.82) is 0 Å². The van der Waals surface area contributed by atoms with Crippen molar-refractivity contribution in [3.05, 3.63) is 23.8 Å². The van der Waals surface area contributed by atoms with Gasteiger partial charge in [0.05, 0.1) is 14.2 Å². The molecule has 0 heterocycles. The zero-order chi connectivity index (χ0) is 12.8. The predicted octanol–water partition coefficient (Wildman–Crippen LogP) is 1.27. The van der Waals surface area contributed by atoms with E-state index in [9.17, 15) is 4.79 Å². The smallest absolute Gasteiger partial charge is 0.343 e. The Balaban J connectivity index is 2.81. The topological polar surface area (TPSA) is 70.8 Å². The van der Waals surface area contributed by atoms with Gasteiger partial charge in [-0.3, -0.25) is 0 Å². The van der Waals surface area contributed by atoms with Crippen molar-refractivity contribution in [1.82, 2.24) is 0 Å². The van der Waals surface area contributed by atoms with Crippen LogP contribution < -0.4 is 15.2 Å². The van der Waals surface area contributed by atoms with Crippen LogP contribution in [0.1, 0.15) is 18.5 Å². The van der Waals surface area contributed by atoms with E-state index in [1.807, 2.05) is 13.0 Å². The molecular weight excluding hydrogens is 222 g/mol. The van der Waals surface area contributed by atoms with Crippen LogP contribution in [0.2, 0.25) is 0 Å². The molecule has 0 amide bonds. The van der Waals surface area contributed by atoms with Crippen LogP contribution in [0.4, 0.5) is 0 Å². The number of hydrogen-bond donors (Lipinski definition) is 1. The lowest BCUT2D eigenvalue weighted by Crippen LogP contribution is -2.13. The van der Waals surface area contributed by atoms with E-state index in [0.29, 0.717) is 11.5 Å². The van der Waals surface area contributed by atoms with Crippen LogP contribution in [-0.4, -0.2) is 26.8 Å². The van der Waals surface area contributed by atoms with Gasteiger partial charge in [0.25, 0.3) is 0 Å². The molecule has 17 heavy (non-hydrogen) atoms. The summed E-state index contributed by atoms with van der Waals surface area (Å²) >= 11 is 0. The van der Waals surface area contributed by atoms with Crippen molar-refractivity contribution >= 4 is 5.97 Å². The van der Waals surface area contributed by atoms with E-state index in [0.717, 1.165) is 5.56 Å². The summed E-state index contributed by atoms with van der Waals surface area (Å²) < 4.78 is 14.9. The maximum absolute atomic E-state index is 11.0. The van der Waals surface area contributed by atoms with Gasteiger partial charge in [0.1, 0.15) is 0 Å². The second kappa shape index (κ2) is 6.10. The molecule has 0 spiro atoms. The first kappa shape index (κ1) is 13.3. The standard InChI is InChI=1S/C12H17NO4/c1-8(13)9-4-5-10(11(6-9)15-2)17-7-12(14)16-3/h4-6,8H,7,13H2,1-3H3/t8-/m1/s1. The zero-order valence-electron chi connectivity index (χ0n) is 10.2. The van der Waals surface area contributed by atoms with Gasteiger partial charge in [0.15, 0.2) is 18.1 Å². The molecule has 0 aliphatic heterocycles. The molecule has 0 bridgehead atoms. The van der Waals surface area contributed by atoms with Crippen LogP contribution in [0.25, 0.3) is 0 Å². The van der Waals surface area contributed by atoms with Gasteiger partial charge in [-0.05, 0) is 24.6 Å². The summed E-state index contributed by atoms with van der Waals surface area (Å²) in [4.78, 5) is 11.0. The molecule has 0 fully saturated rings. The van der Waals surface area contributed by atoms with E-state index in [1.165, 1.54) is 14.2 Å². The van der Waals surface area contributed by atoms with Crippen molar-refractivity contribution < 1.29 is 19.0 Å². The third kappa shape index (κ3) is 3.64. The number of esters is 1. The van der Waals surface area contributed by atoms with Crippen LogP contribution in [-0.2, 0) is 9.53 Å². The van der Waals surface area contributed by atoms with Crippen molar-refractivity contribution in [3.63, 3.8) is 0 Å². The minimum atomic E-state index is -0.441. The fourth-order valence-corrected chi connectivity index (χ4v) is 1.28. The van der Waals surface area contributed by atoms with Crippen LogP contribution in [0, 0.1) is 0 Å². The SMILES string of the molecule is COC(=O)COc1ccc([C@@H](C)N)cc1OC. The van der Waals surface area contributed by atoms with Crippen LogP contribution in [0.15, 0.2) is 18.2 Å². The molecule has 1 aromatic rings. The maximum Gasteiger partial charge on any atom is 0.343 e. The average molecular weight is 239 g/mol. The van der Waals surface area contributed by atoms with E-state index in [2.05, 4.69) is 4.74 Å². The van der Waals surface area contributed by atoms with E-state index in [1.54, 1.807) is 12.1 Å². The number of methoxy groups -OCH3 is 2. The Morgan fingerprint density at radius 1 is 1.35 bits per heavy atom. The molecule has 1 atom stereocenters. The van der Waals surface area contributed by atoms with Crippen molar-refractivity contribution in [2.24, 2.45) is 5.73 Å². The second-order valence-electron chi connectivity index (χ2n) is 3.56. The first-order chi connectivity index (χ1) is 8.08. The molecule has 94 valence electrons. The summed E-state index contributed by atoms with van der Waals surface area (Å²) in [5.41, 5.74) is 6.70. The zero-order valence-corrected chi connectivity index (χ0v) is 10.2. The Morgan fingerprint density at radius 3 is 2.59 bits per heavy atom. The molecule has 0 aromatic heterocycles. The van der Waals surface area contributed by atoms with Crippen molar-refractivity contribution in [3.8, 4) is 11.5 Å². The van der Waals surface area contributed by atoms with E-state index < -0.39 is 5.97 Å². The van der Waals surface area contributed by atoms with Gasteiger partial charge in [-0.25, -0.2) is 4.79 Å². The van der Waals surface area contributed by atoms with Gasteiger partial charge < -0.3 is 19.9 Å². The number of ether oxygens (including phenoxy) is 3. The summed E-state index contributed by atoms with van der Waals surface area (Å²) in [6.07, 6.45) is 0. The summed E-state index contributed by atoms with van der Waals surface area (Å²) in [6.45, 7) is 1.73. The Hall–Kier alpha value is -1.75. The van der Waals surface area contributed by atoms with Crippen molar-refractivity contribution in [2.45, 2.75) is 13.0 Å². The summed E-state index contributed by atoms with van der Waals surface area (Å²) in [7, 11) is 2.84. The number of benzene rings is 1. The first-order valence-electron chi connectivity index (χ1n) is 5.21. The molecule has 0 aliphatic rings. The molecular formula is C12H17NO4. The molecule has 2 N–H and O–H groups in total. The fraction of sp³-hybridized carbons (Fsp3) is 0.417. The van der Waals surface area contributed by atoms with Crippen LogP contribution >= 0.6 is 0 Å². The fourth-order valence-electron chi connectivity index (χ4n) is 1.28. The number of carbonyl (C=O) groups excluding carboxylic acids is 1. The Bertz CT molecular complexity index is 390. The third-order valence-corrected chi connectivity index (χ3v) is 2.29. The summed E-state index contributed by atoms with van der Waals surface area (Å²) in [6, 6.07) is 5.26. The monoisotopic (exact) mass is 239 g/mol. The first-order valence-corrected chi connectivity index (χ1v) is 5.21. The molecule has 0 saturated carbocycles. The number of carbonyl (C=O) groups is 1. The highest BCUT2D eigenvalue weighted by atomic mass is 16.6. The lowest BCUT2D eigenvalue weighted by atomic mass is 10.1. The molecule has 1 rings (SSSR count). The number of nitrogens with two attached hydrogens (primary N) is 1. The van der Waals surface area contributed by atoms with Gasteiger partial charge in [0.2, 0.25) is 0 Å². The highest BCUT2D eigenvalue weighted by molar-refractivity contribution is 5.71. The van der Waals surface area contributed by atoms with Crippen LogP contribution in [0.5, 0.6) is 11.5 Å². The molecule has 5 heteroatoms. The number of hydrogen-bond acceptors (Lipinski definition) is 5. The van der Waals surface area contributed by atoms with Gasteiger partial charge in [-0.15, -0.1) is 0 Å². The van der Waals surface area contributed by atoms with Gasteiger partial charge in [-0.2, -0.15) is 0 Å². The average Bonchev–Trinajstić information content (AvgIpc) is 2.35. The van der Waals surface area contributed by atoms with E-state index >= 15 is 0 Å². The quantitative estimate of drug-likeness (QED) is 0.783. The predicted molar refractivity (Wildman–Crippen MR) is 63.1 cm³/mol. The Kier molecular flexibility index (Phi) is 4.78. The van der Waals surface area contributed by atoms with Gasteiger partial charge >= 0.3 is 5.97 Å². The lowest BCUT2D eigenvalue weighted by Gasteiger charge is -2.12. The second-order valence-corrected chi connectivity index (χ2v) is 3.56.